The van der Waals surface area contributed by atoms with E-state index in [0.29, 0.717) is 43.3 Å². The number of aromatic nitrogens is 1. The van der Waals surface area contributed by atoms with Gasteiger partial charge in [0.05, 0.1) is 23.3 Å². The van der Waals surface area contributed by atoms with Gasteiger partial charge in [0.2, 0.25) is 0 Å². The highest BCUT2D eigenvalue weighted by molar-refractivity contribution is 7.85. The number of fused-ring (bicyclic) bond motifs is 3. The summed E-state index contributed by atoms with van der Waals surface area (Å²) in [4.78, 5) is 11.8. The lowest BCUT2D eigenvalue weighted by molar-refractivity contribution is 0.306. The van der Waals surface area contributed by atoms with Gasteiger partial charge in [-0.1, -0.05) is 13.8 Å². The van der Waals surface area contributed by atoms with Crippen molar-refractivity contribution in [3.63, 3.8) is 0 Å². The van der Waals surface area contributed by atoms with E-state index in [1.807, 2.05) is 31.2 Å². The fraction of sp³-hybridized carbons (Fsp3) is 0.520. The summed E-state index contributed by atoms with van der Waals surface area (Å²) in [6.07, 6.45) is 3.27. The number of unbranched alkanes of at least 4 members (excludes halogenated alkanes) is 1. The Morgan fingerprint density at radius 3 is 2.76 bits per heavy atom. The van der Waals surface area contributed by atoms with E-state index in [9.17, 15) is 8.42 Å². The summed E-state index contributed by atoms with van der Waals surface area (Å²) in [6.45, 7) is 9.44. The Bertz CT molecular complexity index is 1300. The second kappa shape index (κ2) is 10.3. The van der Waals surface area contributed by atoms with Crippen LogP contribution in [-0.4, -0.2) is 49.9 Å². The first-order chi connectivity index (χ1) is 16.2. The second-order valence-corrected chi connectivity index (χ2v) is 10.9. The van der Waals surface area contributed by atoms with E-state index >= 15 is 0 Å². The Labute approximate surface area is 200 Å². The molecule has 0 saturated carbocycles. The summed E-state index contributed by atoms with van der Waals surface area (Å²) in [5.41, 5.74) is 4.22. The molecule has 0 spiro atoms. The average molecular weight is 488 g/mol. The zero-order valence-electron chi connectivity index (χ0n) is 20.1. The van der Waals surface area contributed by atoms with Gasteiger partial charge in [-0.3, -0.25) is 9.55 Å². The fourth-order valence-electron chi connectivity index (χ4n) is 4.22. The normalized spacial score (nSPS) is 14.7. The van der Waals surface area contributed by atoms with E-state index in [4.69, 9.17) is 18.7 Å². The predicted molar refractivity (Wildman–Crippen MR) is 133 cm³/mol. The largest absolute Gasteiger partial charge is 0.489 e. The fourth-order valence-corrected chi connectivity index (χ4v) is 4.79. The van der Waals surface area contributed by atoms with Crippen molar-refractivity contribution in [2.75, 3.05) is 36.9 Å². The quantitative estimate of drug-likeness (QED) is 0.270. The molecule has 8 nitrogen and oxygen atoms in total. The van der Waals surface area contributed by atoms with Gasteiger partial charge in [0.25, 0.3) is 10.1 Å². The molecule has 34 heavy (non-hydrogen) atoms. The lowest BCUT2D eigenvalue weighted by Crippen LogP contribution is -2.33. The number of hydrogen-bond donors (Lipinski definition) is 1. The van der Waals surface area contributed by atoms with Crippen LogP contribution in [0.2, 0.25) is 0 Å². The Morgan fingerprint density at radius 2 is 2.00 bits per heavy atom. The molecule has 0 aromatic heterocycles. The number of hydrogen-bond acceptors (Lipinski definition) is 7. The average Bonchev–Trinajstić information content (AvgIpc) is 2.76. The van der Waals surface area contributed by atoms with Crippen LogP contribution in [0, 0.1) is 12.8 Å². The third-order valence-electron chi connectivity index (χ3n) is 6.04. The third kappa shape index (κ3) is 6.07. The lowest BCUT2D eigenvalue weighted by Gasteiger charge is -2.31. The van der Waals surface area contributed by atoms with Gasteiger partial charge in [0, 0.05) is 31.3 Å². The van der Waals surface area contributed by atoms with Gasteiger partial charge in [-0.2, -0.15) is 8.42 Å². The maximum absolute atomic E-state index is 10.9. The number of aryl methyl sites for hydroxylation is 1. The molecule has 184 valence electrons. The molecule has 1 aliphatic carbocycles. The second-order valence-electron chi connectivity index (χ2n) is 9.35. The van der Waals surface area contributed by atoms with Crippen LogP contribution in [0.1, 0.15) is 45.1 Å². The first kappa shape index (κ1) is 24.5. The maximum Gasteiger partial charge on any atom is 0.264 e. The molecule has 2 heterocycles. The van der Waals surface area contributed by atoms with Crippen molar-refractivity contribution in [3.8, 4) is 17.2 Å². The van der Waals surface area contributed by atoms with Crippen molar-refractivity contribution < 1.29 is 22.1 Å². The molecule has 0 unspecified atom stereocenters. The van der Waals surface area contributed by atoms with Crippen molar-refractivity contribution in [2.24, 2.45) is 10.9 Å². The number of nitrogens with zero attached hydrogens (tertiary/aromatic N) is 3. The molecular weight excluding hydrogens is 454 g/mol. The van der Waals surface area contributed by atoms with Gasteiger partial charge in [-0.15, -0.1) is 0 Å². The van der Waals surface area contributed by atoms with Crippen molar-refractivity contribution in [1.82, 2.24) is 4.98 Å². The van der Waals surface area contributed by atoms with E-state index in [-0.39, 0.29) is 5.75 Å². The van der Waals surface area contributed by atoms with Gasteiger partial charge >= 0.3 is 0 Å². The van der Waals surface area contributed by atoms with Crippen molar-refractivity contribution in [1.29, 1.82) is 0 Å². The maximum atomic E-state index is 10.9. The van der Waals surface area contributed by atoms with Gasteiger partial charge in [-0.05, 0) is 50.2 Å². The minimum Gasteiger partial charge on any atom is -0.489 e. The Hall–Kier alpha value is -2.65. The van der Waals surface area contributed by atoms with Crippen LogP contribution in [0.5, 0.6) is 5.75 Å². The molecule has 0 saturated heterocycles. The number of benzene rings is 2. The Balaban J connectivity index is 1.61. The van der Waals surface area contributed by atoms with Crippen LogP contribution in [0.15, 0.2) is 33.7 Å². The summed E-state index contributed by atoms with van der Waals surface area (Å²) in [6, 6.07) is 7.83. The third-order valence-corrected chi connectivity index (χ3v) is 6.84. The topological polar surface area (TPSA) is 105 Å². The molecule has 4 rings (SSSR count). The van der Waals surface area contributed by atoms with Crippen LogP contribution in [0.25, 0.3) is 22.6 Å². The highest BCUT2D eigenvalue weighted by Crippen LogP contribution is 2.37. The highest BCUT2D eigenvalue weighted by Gasteiger charge is 2.21. The SMILES string of the molecule is Cc1cc2nc3cc4c(cc3oc-2cc1=NCCCCS(=O)(=O)O)N(CCCC(C)C)CCO4. The molecule has 0 fully saturated rings. The monoisotopic (exact) mass is 487 g/mol. The molecule has 3 aliphatic rings. The van der Waals surface area contributed by atoms with Gasteiger partial charge in [0.1, 0.15) is 23.6 Å². The summed E-state index contributed by atoms with van der Waals surface area (Å²) in [5.74, 6) is 1.94. The molecular formula is C25H33N3O5S. The minimum absolute atomic E-state index is 0.243. The molecule has 0 atom stereocenters. The van der Waals surface area contributed by atoms with E-state index in [1.54, 1.807) is 0 Å². The summed E-state index contributed by atoms with van der Waals surface area (Å²) in [5, 5.41) is 0.792. The standard InChI is InChI=1S/C25H33N3O5S/c1-17(2)7-6-9-28-10-11-32-25-15-21-24(16-22(25)28)33-23-14-19(18(3)13-20(23)27-21)26-8-4-5-12-34(29,30)31/h13-17H,4-12H2,1-3H3,(H,29,30,31). The van der Waals surface area contributed by atoms with Crippen LogP contribution in [-0.2, 0) is 10.1 Å². The molecule has 1 N–H and O–H groups in total. The minimum atomic E-state index is -3.92. The van der Waals surface area contributed by atoms with Crippen LogP contribution in [0.3, 0.4) is 0 Å². The summed E-state index contributed by atoms with van der Waals surface area (Å²) < 4.78 is 42.8. The van der Waals surface area contributed by atoms with Crippen molar-refractivity contribution in [2.45, 2.75) is 46.5 Å². The Kier molecular flexibility index (Phi) is 7.42. The van der Waals surface area contributed by atoms with E-state index < -0.39 is 10.1 Å². The summed E-state index contributed by atoms with van der Waals surface area (Å²) in [7, 11) is -3.92. The molecule has 0 amide bonds. The van der Waals surface area contributed by atoms with Gasteiger partial charge in [0.15, 0.2) is 11.3 Å². The Morgan fingerprint density at radius 1 is 1.18 bits per heavy atom. The van der Waals surface area contributed by atoms with Crippen molar-refractivity contribution >= 4 is 26.9 Å². The zero-order valence-corrected chi connectivity index (χ0v) is 20.9. The number of rotatable bonds is 9. The first-order valence-electron chi connectivity index (χ1n) is 11.9. The molecule has 9 heteroatoms. The van der Waals surface area contributed by atoms with Crippen LogP contribution >= 0.6 is 0 Å². The van der Waals surface area contributed by atoms with E-state index in [1.165, 1.54) is 6.42 Å². The molecule has 1 aromatic carbocycles. The van der Waals surface area contributed by atoms with Crippen LogP contribution in [0.4, 0.5) is 5.69 Å². The summed E-state index contributed by atoms with van der Waals surface area (Å²) >= 11 is 0. The number of anilines is 1. The zero-order chi connectivity index (χ0) is 24.3. The van der Waals surface area contributed by atoms with Gasteiger partial charge < -0.3 is 14.1 Å². The van der Waals surface area contributed by atoms with Crippen molar-refractivity contribution in [3.05, 3.63) is 35.2 Å². The number of ether oxygens (including phenoxy) is 1. The molecule has 0 radical (unpaired) electrons. The van der Waals surface area contributed by atoms with Gasteiger partial charge in [-0.25, -0.2) is 4.98 Å². The van der Waals surface area contributed by atoms with E-state index in [2.05, 4.69) is 23.7 Å². The smallest absolute Gasteiger partial charge is 0.264 e. The first-order valence-corrected chi connectivity index (χ1v) is 13.5. The molecule has 0 bridgehead atoms. The van der Waals surface area contributed by atoms with Crippen LogP contribution < -0.4 is 15.0 Å². The highest BCUT2D eigenvalue weighted by atomic mass is 32.2. The molecule has 2 aliphatic heterocycles. The molecule has 1 aromatic rings. The van der Waals surface area contributed by atoms with E-state index in [0.717, 1.165) is 53.1 Å². The predicted octanol–water partition coefficient (Wildman–Crippen LogP) is 4.44. The lowest BCUT2D eigenvalue weighted by atomic mass is 10.1.